The highest BCUT2D eigenvalue weighted by Crippen LogP contribution is 2.22. The smallest absolute Gasteiger partial charge is 0.326 e. The average molecular weight is 204 g/mol. The van der Waals surface area contributed by atoms with Gasteiger partial charge in [0, 0.05) is 5.56 Å². The van der Waals surface area contributed by atoms with Crippen molar-refractivity contribution < 1.29 is 23.2 Å². The Hall–Kier alpha value is -0.950. The molecule has 0 unspecified atom stereocenters. The van der Waals surface area contributed by atoms with Gasteiger partial charge < -0.3 is 10.2 Å². The van der Waals surface area contributed by atoms with Crippen molar-refractivity contribution in [2.24, 2.45) is 0 Å². The minimum Gasteiger partial charge on any atom is -0.348 e. The lowest BCUT2D eigenvalue weighted by molar-refractivity contribution is -0.0971. The standard InChI is InChI=1S/C7H8O5S/c8-7(9,13(10,11)12)6-4-2-1-3-5-6/h1-5,8-9H,(H,10,11,12). The zero-order valence-corrected chi connectivity index (χ0v) is 7.27. The van der Waals surface area contributed by atoms with Gasteiger partial charge in [0.2, 0.25) is 0 Å². The largest absolute Gasteiger partial charge is 0.348 e. The van der Waals surface area contributed by atoms with Crippen LogP contribution in [0.1, 0.15) is 5.56 Å². The first-order valence-corrected chi connectivity index (χ1v) is 4.77. The highest BCUT2D eigenvalue weighted by atomic mass is 32.2. The summed E-state index contributed by atoms with van der Waals surface area (Å²) in [7, 11) is -4.94. The molecule has 0 radical (unpaired) electrons. The van der Waals surface area contributed by atoms with Crippen molar-refractivity contribution in [1.82, 2.24) is 0 Å². The monoisotopic (exact) mass is 204 g/mol. The lowest BCUT2D eigenvalue weighted by Crippen LogP contribution is -2.34. The summed E-state index contributed by atoms with van der Waals surface area (Å²) in [4.78, 5) is 0. The number of benzene rings is 1. The quantitative estimate of drug-likeness (QED) is 0.453. The van der Waals surface area contributed by atoms with Gasteiger partial charge in [0.15, 0.2) is 0 Å². The van der Waals surface area contributed by atoms with E-state index in [9.17, 15) is 8.42 Å². The molecular formula is C7H8O5S. The van der Waals surface area contributed by atoms with Gasteiger partial charge in [-0.2, -0.15) is 8.42 Å². The Labute approximate surface area is 75.0 Å². The van der Waals surface area contributed by atoms with Crippen LogP contribution in [0.5, 0.6) is 0 Å². The van der Waals surface area contributed by atoms with Crippen molar-refractivity contribution in [2.75, 3.05) is 0 Å². The summed E-state index contributed by atoms with van der Waals surface area (Å²) in [6, 6.07) is 6.76. The van der Waals surface area contributed by atoms with Crippen LogP contribution in [0.4, 0.5) is 0 Å². The van der Waals surface area contributed by atoms with Crippen LogP contribution < -0.4 is 0 Å². The maximum Gasteiger partial charge on any atom is 0.326 e. The van der Waals surface area contributed by atoms with E-state index in [0.29, 0.717) is 0 Å². The van der Waals surface area contributed by atoms with Crippen molar-refractivity contribution in [1.29, 1.82) is 0 Å². The molecular weight excluding hydrogens is 196 g/mol. The predicted octanol–water partition coefficient (Wildman–Crippen LogP) is -0.331. The van der Waals surface area contributed by atoms with E-state index in [1.54, 1.807) is 6.07 Å². The predicted molar refractivity (Wildman–Crippen MR) is 44.1 cm³/mol. The molecule has 0 fully saturated rings. The highest BCUT2D eigenvalue weighted by Gasteiger charge is 2.40. The minimum atomic E-state index is -4.94. The van der Waals surface area contributed by atoms with Gasteiger partial charge in [-0.25, -0.2) is 0 Å². The highest BCUT2D eigenvalue weighted by molar-refractivity contribution is 7.86. The number of hydrogen-bond donors (Lipinski definition) is 3. The van der Waals surface area contributed by atoms with Crippen LogP contribution >= 0.6 is 0 Å². The van der Waals surface area contributed by atoms with Crippen LogP contribution in [-0.2, 0) is 15.2 Å². The maximum atomic E-state index is 10.5. The van der Waals surface area contributed by atoms with Gasteiger partial charge in [-0.1, -0.05) is 30.3 Å². The van der Waals surface area contributed by atoms with Gasteiger partial charge in [-0.3, -0.25) is 4.55 Å². The van der Waals surface area contributed by atoms with Crippen LogP contribution in [0.15, 0.2) is 30.3 Å². The summed E-state index contributed by atoms with van der Waals surface area (Å²) in [5, 5.41) is 14.8. The molecule has 0 aliphatic rings. The normalized spacial score (nSPS) is 12.8. The van der Waals surface area contributed by atoms with Crippen molar-refractivity contribution in [3.63, 3.8) is 0 Å². The fourth-order valence-corrected chi connectivity index (χ4v) is 1.24. The average Bonchev–Trinajstić information content (AvgIpc) is 2.04. The van der Waals surface area contributed by atoms with E-state index >= 15 is 0 Å². The molecule has 0 bridgehead atoms. The number of aliphatic hydroxyl groups is 2. The van der Waals surface area contributed by atoms with Crippen molar-refractivity contribution in [3.8, 4) is 0 Å². The Kier molecular flexibility index (Phi) is 2.40. The molecule has 3 N–H and O–H groups in total. The minimum absolute atomic E-state index is 0.308. The van der Waals surface area contributed by atoms with E-state index < -0.39 is 15.2 Å². The molecule has 13 heavy (non-hydrogen) atoms. The lowest BCUT2D eigenvalue weighted by atomic mass is 10.2. The Bertz CT molecular complexity index is 381. The summed E-state index contributed by atoms with van der Waals surface area (Å²) in [6.07, 6.45) is 0. The second kappa shape index (κ2) is 3.08. The fraction of sp³-hybridized carbons (Fsp3) is 0.143. The van der Waals surface area contributed by atoms with Gasteiger partial charge in [0.25, 0.3) is 0 Å². The molecule has 0 spiro atoms. The summed E-state index contributed by atoms with van der Waals surface area (Å²) in [6.45, 7) is 0. The van der Waals surface area contributed by atoms with Gasteiger partial charge in [-0.05, 0) is 0 Å². The first kappa shape index (κ1) is 10.1. The first-order chi connectivity index (χ1) is 5.86. The Morgan fingerprint density at radius 2 is 1.54 bits per heavy atom. The molecule has 0 aliphatic carbocycles. The third kappa shape index (κ3) is 1.86. The van der Waals surface area contributed by atoms with Gasteiger partial charge in [0.05, 0.1) is 0 Å². The molecule has 1 aromatic rings. The second-order valence-corrected chi connectivity index (χ2v) is 3.97. The Morgan fingerprint density at radius 3 is 1.92 bits per heavy atom. The van der Waals surface area contributed by atoms with Crippen LogP contribution in [-0.4, -0.2) is 23.2 Å². The molecule has 5 nitrogen and oxygen atoms in total. The van der Waals surface area contributed by atoms with Crippen molar-refractivity contribution >= 4 is 10.1 Å². The summed E-state index contributed by atoms with van der Waals surface area (Å²) >= 11 is 0. The molecule has 1 rings (SSSR count). The number of rotatable bonds is 2. The molecule has 6 heteroatoms. The maximum absolute atomic E-state index is 10.5. The molecule has 0 saturated carbocycles. The second-order valence-electron chi connectivity index (χ2n) is 2.45. The van der Waals surface area contributed by atoms with Crippen LogP contribution in [0, 0.1) is 0 Å². The van der Waals surface area contributed by atoms with Crippen molar-refractivity contribution in [2.45, 2.75) is 5.12 Å². The molecule has 0 aliphatic heterocycles. The van der Waals surface area contributed by atoms with Crippen LogP contribution in [0.3, 0.4) is 0 Å². The third-order valence-corrected chi connectivity index (χ3v) is 2.46. The molecule has 0 heterocycles. The van der Waals surface area contributed by atoms with E-state index in [4.69, 9.17) is 14.8 Å². The molecule has 0 amide bonds. The zero-order chi connectivity index (χ0) is 10.1. The molecule has 1 aromatic carbocycles. The van der Waals surface area contributed by atoms with Crippen LogP contribution in [0.25, 0.3) is 0 Å². The van der Waals surface area contributed by atoms with E-state index in [1.807, 2.05) is 0 Å². The SMILES string of the molecule is O=S(=O)(O)C(O)(O)c1ccccc1. The van der Waals surface area contributed by atoms with E-state index in [1.165, 1.54) is 24.3 Å². The van der Waals surface area contributed by atoms with E-state index in [-0.39, 0.29) is 5.56 Å². The van der Waals surface area contributed by atoms with Crippen molar-refractivity contribution in [3.05, 3.63) is 35.9 Å². The summed E-state index contributed by atoms with van der Waals surface area (Å²) in [5.74, 6) is 0. The van der Waals surface area contributed by atoms with Gasteiger partial charge in [0.1, 0.15) is 0 Å². The third-order valence-electron chi connectivity index (χ3n) is 1.51. The topological polar surface area (TPSA) is 94.8 Å². The molecule has 0 saturated heterocycles. The molecule has 0 aromatic heterocycles. The Morgan fingerprint density at radius 1 is 1.08 bits per heavy atom. The Balaban J connectivity index is 3.24. The van der Waals surface area contributed by atoms with E-state index in [2.05, 4.69) is 0 Å². The number of hydrogen-bond acceptors (Lipinski definition) is 4. The first-order valence-electron chi connectivity index (χ1n) is 3.33. The lowest BCUT2D eigenvalue weighted by Gasteiger charge is -2.17. The fourth-order valence-electron chi connectivity index (χ4n) is 0.804. The zero-order valence-electron chi connectivity index (χ0n) is 6.45. The summed E-state index contributed by atoms with van der Waals surface area (Å²) < 4.78 is 29.5. The van der Waals surface area contributed by atoms with E-state index in [0.717, 1.165) is 0 Å². The van der Waals surface area contributed by atoms with Gasteiger partial charge >= 0.3 is 15.2 Å². The molecule has 0 atom stereocenters. The van der Waals surface area contributed by atoms with Gasteiger partial charge in [-0.15, -0.1) is 0 Å². The van der Waals surface area contributed by atoms with Crippen LogP contribution in [0.2, 0.25) is 0 Å². The summed E-state index contributed by atoms with van der Waals surface area (Å²) in [5.41, 5.74) is -0.308. The molecule has 72 valence electrons.